The molecule has 0 amide bonds. The van der Waals surface area contributed by atoms with Crippen molar-refractivity contribution in [3.8, 4) is 0 Å². The molecule has 242 valence electrons. The van der Waals surface area contributed by atoms with E-state index in [-0.39, 0.29) is 0 Å². The van der Waals surface area contributed by atoms with E-state index >= 15 is 0 Å². The molecule has 1 aliphatic heterocycles. The number of carbonyl (C=O) groups is 2. The number of carbonyl (C=O) groups excluding carboxylic acids is 2. The number of nitrogens with two attached hydrogens (primary N) is 1. The summed E-state index contributed by atoms with van der Waals surface area (Å²) in [5, 5.41) is 0. The zero-order chi connectivity index (χ0) is 30.5. The van der Waals surface area contributed by atoms with Crippen LogP contribution in [-0.2, 0) is 33.4 Å². The molecule has 5 unspecified atom stereocenters. The zero-order valence-electron chi connectivity index (χ0n) is 27.3. The van der Waals surface area contributed by atoms with Gasteiger partial charge < -0.3 is 18.9 Å². The summed E-state index contributed by atoms with van der Waals surface area (Å²) in [4.78, 5) is 28.5. The summed E-state index contributed by atoms with van der Waals surface area (Å²) < 4.78 is 22.9. The molecule has 9 heteroatoms. The van der Waals surface area contributed by atoms with Gasteiger partial charge in [-0.3, -0.25) is 14.4 Å². The van der Waals surface area contributed by atoms with Crippen LogP contribution in [0.3, 0.4) is 0 Å². The van der Waals surface area contributed by atoms with E-state index in [0.29, 0.717) is 6.61 Å². The molecule has 1 heterocycles. The minimum Gasteiger partial charge on any atom is -0.455 e. The van der Waals surface area contributed by atoms with Crippen LogP contribution >= 0.6 is 0 Å². The fourth-order valence-corrected chi connectivity index (χ4v) is 7.79. The highest BCUT2D eigenvalue weighted by atomic mass is 28.3. The van der Waals surface area contributed by atoms with Crippen molar-refractivity contribution in [3.63, 3.8) is 0 Å². The highest BCUT2D eigenvalue weighted by molar-refractivity contribution is 6.77. The summed E-state index contributed by atoms with van der Waals surface area (Å²) >= 11 is 0. The molecule has 1 fully saturated rings. The second-order valence-electron chi connectivity index (χ2n) is 12.8. The van der Waals surface area contributed by atoms with E-state index in [1.165, 1.54) is 123 Å². The molecule has 0 saturated carbocycles. The lowest BCUT2D eigenvalue weighted by molar-refractivity contribution is -0.304. The van der Waals surface area contributed by atoms with E-state index in [2.05, 4.69) is 20.0 Å². The highest BCUT2D eigenvalue weighted by Gasteiger charge is 2.50. The van der Waals surface area contributed by atoms with Crippen LogP contribution in [0.4, 0.5) is 0 Å². The molecule has 2 N–H and O–H groups in total. The number of ether oxygens (including phenoxy) is 4. The van der Waals surface area contributed by atoms with Crippen molar-refractivity contribution >= 4 is 20.0 Å². The van der Waals surface area contributed by atoms with Gasteiger partial charge in [-0.15, -0.1) is 0 Å². The molecule has 41 heavy (non-hydrogen) atoms. The van der Waals surface area contributed by atoms with E-state index in [0.717, 1.165) is 6.04 Å². The molecule has 1 aliphatic rings. The van der Waals surface area contributed by atoms with Gasteiger partial charge in [0.15, 0.2) is 18.5 Å². The van der Waals surface area contributed by atoms with E-state index in [1.54, 1.807) is 6.92 Å². The number of hydrogen-bond donors (Lipinski definition) is 1. The second kappa shape index (κ2) is 22.5. The van der Waals surface area contributed by atoms with E-state index in [4.69, 9.17) is 29.7 Å². The third kappa shape index (κ3) is 17.6. The van der Waals surface area contributed by atoms with Gasteiger partial charge in [-0.25, -0.2) is 5.90 Å². The van der Waals surface area contributed by atoms with Crippen LogP contribution in [0.15, 0.2) is 0 Å². The quantitative estimate of drug-likeness (QED) is 0.0516. The van der Waals surface area contributed by atoms with Crippen LogP contribution in [0.1, 0.15) is 130 Å². The highest BCUT2D eigenvalue weighted by Crippen LogP contribution is 2.29. The molecule has 0 spiro atoms. The minimum atomic E-state index is -1.45. The van der Waals surface area contributed by atoms with Crippen molar-refractivity contribution in [3.05, 3.63) is 0 Å². The van der Waals surface area contributed by atoms with Gasteiger partial charge in [-0.2, -0.15) is 0 Å². The minimum absolute atomic E-state index is 0.494. The van der Waals surface area contributed by atoms with Crippen molar-refractivity contribution in [2.24, 2.45) is 5.90 Å². The van der Waals surface area contributed by atoms with Crippen molar-refractivity contribution in [2.45, 2.75) is 186 Å². The summed E-state index contributed by atoms with van der Waals surface area (Å²) in [6.45, 7) is 11.9. The molecule has 0 aromatic rings. The molecule has 0 aromatic carbocycles. The number of rotatable bonds is 24. The van der Waals surface area contributed by atoms with Crippen LogP contribution in [0.25, 0.3) is 0 Å². The summed E-state index contributed by atoms with van der Waals surface area (Å²) in [5.41, 5.74) is 0. The first-order valence-corrected chi connectivity index (χ1v) is 20.0. The summed E-state index contributed by atoms with van der Waals surface area (Å²) in [5.74, 6) is 4.40. The molecule has 1 rings (SSSR count). The largest absolute Gasteiger partial charge is 0.455 e. The van der Waals surface area contributed by atoms with Gasteiger partial charge in [0.1, 0.15) is 6.10 Å². The lowest BCUT2D eigenvalue weighted by atomic mass is 9.99. The van der Waals surface area contributed by atoms with Crippen molar-refractivity contribution < 1.29 is 33.4 Å². The van der Waals surface area contributed by atoms with E-state index < -0.39 is 50.7 Å². The Balaban J connectivity index is 2.22. The molecule has 1 saturated heterocycles. The zero-order valence-corrected chi connectivity index (χ0v) is 28.3. The Kier molecular flexibility index (Phi) is 20.9. The Morgan fingerprint density at radius 3 is 1.56 bits per heavy atom. The van der Waals surface area contributed by atoms with Crippen LogP contribution in [0.2, 0.25) is 25.2 Å². The summed E-state index contributed by atoms with van der Waals surface area (Å²) in [6.07, 6.45) is 18.1. The Bertz CT molecular complexity index is 693. The summed E-state index contributed by atoms with van der Waals surface area (Å²) in [6, 6.07) is 2.24. The van der Waals surface area contributed by atoms with Crippen LogP contribution in [0.5, 0.6) is 0 Å². The Hall–Kier alpha value is -1.00. The fraction of sp³-hybridized carbons (Fsp3) is 0.938. The van der Waals surface area contributed by atoms with Crippen LogP contribution in [0, 0.1) is 0 Å². The maximum absolute atomic E-state index is 11.8. The SMILES string of the molecule is CCCCCCCCCCCCCCCCCC[Si](C)(C)CCOC1OC(C)C(ON)C(OC(C)=O)C1OC(C)=O. The number of unbranched alkanes of at least 4 members (excludes halogenated alkanes) is 15. The third-order valence-electron chi connectivity index (χ3n) is 8.26. The van der Waals surface area contributed by atoms with Gasteiger partial charge in [0.25, 0.3) is 0 Å². The number of esters is 2. The molecule has 0 aromatic heterocycles. The smallest absolute Gasteiger partial charge is 0.303 e. The first kappa shape index (κ1) is 38.0. The standard InChI is InChI=1S/C32H63NO7Si/c1-7-8-9-10-11-12-13-14-15-16-17-18-19-20-21-22-24-41(5,6)25-23-36-32-31(39-28(4)35)30(38-27(3)34)29(40-33)26(2)37-32/h26,29-32H,7-25,33H2,1-6H3. The Morgan fingerprint density at radius 1 is 0.683 bits per heavy atom. The molecule has 0 radical (unpaired) electrons. The van der Waals surface area contributed by atoms with Crippen LogP contribution in [-0.4, -0.2) is 57.3 Å². The maximum Gasteiger partial charge on any atom is 0.303 e. The average molecular weight is 602 g/mol. The van der Waals surface area contributed by atoms with Gasteiger partial charge in [-0.05, 0) is 13.0 Å². The van der Waals surface area contributed by atoms with Gasteiger partial charge in [0.05, 0.1) is 6.10 Å². The normalized spacial score (nSPS) is 23.0. The molecule has 0 bridgehead atoms. The average Bonchev–Trinajstić information content (AvgIpc) is 2.90. The first-order chi connectivity index (χ1) is 19.6. The first-order valence-electron chi connectivity index (χ1n) is 16.6. The van der Waals surface area contributed by atoms with Crippen molar-refractivity contribution in [1.29, 1.82) is 0 Å². The Labute approximate surface area is 252 Å². The lowest BCUT2D eigenvalue weighted by Gasteiger charge is -2.43. The second-order valence-corrected chi connectivity index (χ2v) is 18.1. The lowest BCUT2D eigenvalue weighted by Crippen LogP contribution is -2.61. The molecular formula is C32H63NO7Si. The molecular weight excluding hydrogens is 538 g/mol. The van der Waals surface area contributed by atoms with Gasteiger partial charge in [0.2, 0.25) is 0 Å². The monoisotopic (exact) mass is 601 g/mol. The fourth-order valence-electron chi connectivity index (χ4n) is 5.67. The number of hydrogen-bond acceptors (Lipinski definition) is 8. The van der Waals surface area contributed by atoms with Crippen molar-refractivity contribution in [2.75, 3.05) is 6.61 Å². The van der Waals surface area contributed by atoms with E-state index in [1.807, 2.05) is 0 Å². The van der Waals surface area contributed by atoms with Gasteiger partial charge in [-0.1, -0.05) is 129 Å². The van der Waals surface area contributed by atoms with E-state index in [9.17, 15) is 9.59 Å². The third-order valence-corrected chi connectivity index (χ3v) is 11.5. The molecule has 8 nitrogen and oxygen atoms in total. The summed E-state index contributed by atoms with van der Waals surface area (Å²) in [7, 11) is -1.45. The van der Waals surface area contributed by atoms with Gasteiger partial charge >= 0.3 is 11.9 Å². The van der Waals surface area contributed by atoms with Gasteiger partial charge in [0, 0.05) is 28.5 Å². The molecule has 0 aliphatic carbocycles. The van der Waals surface area contributed by atoms with Crippen LogP contribution < -0.4 is 5.90 Å². The predicted molar refractivity (Wildman–Crippen MR) is 167 cm³/mol. The molecule has 5 atom stereocenters. The van der Waals surface area contributed by atoms with Crippen molar-refractivity contribution in [1.82, 2.24) is 0 Å². The topological polar surface area (TPSA) is 106 Å². The maximum atomic E-state index is 11.8. The Morgan fingerprint density at radius 2 is 1.12 bits per heavy atom. The predicted octanol–water partition coefficient (Wildman–Crippen LogP) is 7.84.